The van der Waals surface area contributed by atoms with Crippen LogP contribution in [0.5, 0.6) is 11.5 Å². The van der Waals surface area contributed by atoms with Crippen molar-refractivity contribution >= 4 is 11.8 Å². The number of Topliss-reactive ketones (excluding diaryl/α,β-unsaturated/α-hetero) is 1. The first kappa shape index (κ1) is 20.4. The minimum absolute atomic E-state index is 0.0727. The van der Waals surface area contributed by atoms with Crippen LogP contribution in [0.25, 0.3) is 0 Å². The number of dihydropyridines is 1. The number of ether oxygens (including phenoxy) is 3. The number of allylic oxidation sites excluding steroid dienone is 3. The fourth-order valence-electron chi connectivity index (χ4n) is 4.66. The van der Waals surface area contributed by atoms with Gasteiger partial charge in [-0.2, -0.15) is 0 Å². The van der Waals surface area contributed by atoms with Gasteiger partial charge in [0.25, 0.3) is 0 Å². The van der Waals surface area contributed by atoms with Crippen LogP contribution in [0, 0.1) is 0 Å². The summed E-state index contributed by atoms with van der Waals surface area (Å²) in [5.41, 5.74) is 4.70. The van der Waals surface area contributed by atoms with Crippen LogP contribution >= 0.6 is 0 Å². The molecule has 2 heterocycles. The smallest absolute Gasteiger partial charge is 0.336 e. The van der Waals surface area contributed by atoms with E-state index in [1.54, 1.807) is 0 Å². The van der Waals surface area contributed by atoms with Crippen molar-refractivity contribution in [3.8, 4) is 11.5 Å². The summed E-state index contributed by atoms with van der Waals surface area (Å²) in [6, 6.07) is 15.5. The lowest BCUT2D eigenvalue weighted by Gasteiger charge is -2.34. The molecule has 3 aliphatic rings. The molecule has 6 nitrogen and oxygen atoms in total. The highest BCUT2D eigenvalue weighted by molar-refractivity contribution is 6.03. The lowest BCUT2D eigenvalue weighted by atomic mass is 9.75. The Kier molecular flexibility index (Phi) is 5.43. The molecule has 2 aromatic carbocycles. The van der Waals surface area contributed by atoms with Crippen LogP contribution in [0.4, 0.5) is 0 Å². The number of hydrogen-bond donors (Lipinski definition) is 1. The molecule has 2 aromatic rings. The van der Waals surface area contributed by atoms with E-state index in [0.29, 0.717) is 35.5 Å². The van der Waals surface area contributed by atoms with Gasteiger partial charge < -0.3 is 19.5 Å². The highest BCUT2D eigenvalue weighted by Gasteiger charge is 2.39. The summed E-state index contributed by atoms with van der Waals surface area (Å²) in [7, 11) is 0. The number of nitrogens with one attached hydrogen (secondary N) is 1. The number of rotatable bonds is 5. The largest absolute Gasteiger partial charge is 0.462 e. The second-order valence-corrected chi connectivity index (χ2v) is 8.25. The Morgan fingerprint density at radius 3 is 2.75 bits per heavy atom. The summed E-state index contributed by atoms with van der Waals surface area (Å²) >= 11 is 0. The monoisotopic (exact) mass is 431 g/mol. The Hall–Kier alpha value is -3.54. The van der Waals surface area contributed by atoms with Crippen LogP contribution in [0.15, 0.2) is 71.1 Å². The van der Waals surface area contributed by atoms with Crippen molar-refractivity contribution in [1.29, 1.82) is 0 Å². The average Bonchev–Trinajstić information content (AvgIpc) is 3.27. The molecule has 6 heteroatoms. The molecule has 0 bridgehead atoms. The van der Waals surface area contributed by atoms with Gasteiger partial charge in [0.15, 0.2) is 17.3 Å². The lowest BCUT2D eigenvalue weighted by Crippen LogP contribution is -2.34. The highest BCUT2D eigenvalue weighted by atomic mass is 16.7. The standard InChI is InChI=1S/C26H25NO5/c1-16-23(26(29)30-13-12-17-6-3-2-4-7-17)24(25-19(27-16)8-5-9-20(25)28)18-10-11-21-22(14-18)32-15-31-21/h2-4,6-7,10-11,14,24,27H,5,8-9,12-13,15H2,1H3/t24-/m1/s1. The fourth-order valence-corrected chi connectivity index (χ4v) is 4.66. The normalized spacial score (nSPS) is 19.5. The highest BCUT2D eigenvalue weighted by Crippen LogP contribution is 2.45. The Labute approximate surface area is 186 Å². The number of carbonyl (C=O) groups is 2. The van der Waals surface area contributed by atoms with Crippen molar-refractivity contribution < 1.29 is 23.8 Å². The van der Waals surface area contributed by atoms with Crippen LogP contribution in [0.3, 0.4) is 0 Å². The molecular weight excluding hydrogens is 406 g/mol. The lowest BCUT2D eigenvalue weighted by molar-refractivity contribution is -0.139. The molecular formula is C26H25NO5. The summed E-state index contributed by atoms with van der Waals surface area (Å²) in [5.74, 6) is 0.472. The molecule has 0 saturated carbocycles. The molecule has 0 amide bonds. The summed E-state index contributed by atoms with van der Waals surface area (Å²) < 4.78 is 16.7. The van der Waals surface area contributed by atoms with E-state index >= 15 is 0 Å². The molecule has 0 unspecified atom stereocenters. The van der Waals surface area contributed by atoms with Crippen molar-refractivity contribution in [3.05, 3.63) is 82.2 Å². The van der Waals surface area contributed by atoms with Crippen molar-refractivity contribution in [2.75, 3.05) is 13.4 Å². The van der Waals surface area contributed by atoms with Gasteiger partial charge in [0, 0.05) is 35.7 Å². The molecule has 1 atom stereocenters. The van der Waals surface area contributed by atoms with Gasteiger partial charge in [0.2, 0.25) is 6.79 Å². The molecule has 0 saturated heterocycles. The zero-order valence-corrected chi connectivity index (χ0v) is 18.0. The van der Waals surface area contributed by atoms with E-state index in [9.17, 15) is 9.59 Å². The summed E-state index contributed by atoms with van der Waals surface area (Å²) in [6.45, 7) is 2.31. The molecule has 0 aromatic heterocycles. The van der Waals surface area contributed by atoms with E-state index in [1.807, 2.05) is 55.5 Å². The van der Waals surface area contributed by atoms with E-state index in [1.165, 1.54) is 0 Å². The van der Waals surface area contributed by atoms with Gasteiger partial charge in [0.05, 0.1) is 12.2 Å². The van der Waals surface area contributed by atoms with Crippen molar-refractivity contribution in [2.45, 2.75) is 38.5 Å². The van der Waals surface area contributed by atoms with Gasteiger partial charge in [-0.15, -0.1) is 0 Å². The number of esters is 1. The van der Waals surface area contributed by atoms with Gasteiger partial charge in [-0.3, -0.25) is 4.79 Å². The number of benzene rings is 2. The Balaban J connectivity index is 1.46. The number of ketones is 1. The number of hydrogen-bond acceptors (Lipinski definition) is 6. The van der Waals surface area contributed by atoms with Crippen LogP contribution in [0.1, 0.15) is 43.2 Å². The average molecular weight is 431 g/mol. The second kappa shape index (κ2) is 8.54. The molecule has 5 rings (SSSR count). The Morgan fingerprint density at radius 1 is 1.09 bits per heavy atom. The molecule has 164 valence electrons. The third-order valence-corrected chi connectivity index (χ3v) is 6.19. The molecule has 32 heavy (non-hydrogen) atoms. The van der Waals surface area contributed by atoms with E-state index in [2.05, 4.69) is 5.32 Å². The molecule has 0 radical (unpaired) electrons. The maximum absolute atomic E-state index is 13.3. The maximum atomic E-state index is 13.3. The SMILES string of the molecule is CC1=C(C(=O)OCCc2ccccc2)[C@@H](c2ccc3c(c2)OCO3)C2=C(CCCC2=O)N1. The third-order valence-electron chi connectivity index (χ3n) is 6.19. The maximum Gasteiger partial charge on any atom is 0.336 e. The number of carbonyl (C=O) groups excluding carboxylic acids is 2. The first-order valence-corrected chi connectivity index (χ1v) is 11.0. The predicted octanol–water partition coefficient (Wildman–Crippen LogP) is 4.17. The molecule has 2 aliphatic heterocycles. The van der Waals surface area contributed by atoms with Gasteiger partial charge in [-0.05, 0) is 43.0 Å². The second-order valence-electron chi connectivity index (χ2n) is 8.25. The van der Waals surface area contributed by atoms with Crippen LogP contribution in [-0.2, 0) is 20.7 Å². The molecule has 1 aliphatic carbocycles. The molecule has 0 spiro atoms. The molecule has 1 N–H and O–H groups in total. The van der Waals surface area contributed by atoms with Crippen LogP contribution in [-0.4, -0.2) is 25.2 Å². The summed E-state index contributed by atoms with van der Waals surface area (Å²) in [4.78, 5) is 26.3. The first-order valence-electron chi connectivity index (χ1n) is 11.0. The van der Waals surface area contributed by atoms with Gasteiger partial charge in [0.1, 0.15) is 0 Å². The van der Waals surface area contributed by atoms with E-state index in [-0.39, 0.29) is 19.2 Å². The Bertz CT molecular complexity index is 1130. The molecule has 0 fully saturated rings. The van der Waals surface area contributed by atoms with Crippen LogP contribution < -0.4 is 14.8 Å². The predicted molar refractivity (Wildman–Crippen MR) is 118 cm³/mol. The summed E-state index contributed by atoms with van der Waals surface area (Å²) in [5, 5.41) is 3.32. The first-order chi connectivity index (χ1) is 15.6. The van der Waals surface area contributed by atoms with E-state index in [0.717, 1.165) is 35.4 Å². The van der Waals surface area contributed by atoms with E-state index < -0.39 is 11.9 Å². The van der Waals surface area contributed by atoms with Gasteiger partial charge in [-0.25, -0.2) is 4.79 Å². The quantitative estimate of drug-likeness (QED) is 0.717. The summed E-state index contributed by atoms with van der Waals surface area (Å²) in [6.07, 6.45) is 2.71. The Morgan fingerprint density at radius 2 is 1.91 bits per heavy atom. The van der Waals surface area contributed by atoms with E-state index in [4.69, 9.17) is 14.2 Å². The minimum atomic E-state index is -0.488. The van der Waals surface area contributed by atoms with Crippen molar-refractivity contribution in [1.82, 2.24) is 5.32 Å². The third kappa shape index (κ3) is 3.77. The zero-order chi connectivity index (χ0) is 22.1. The van der Waals surface area contributed by atoms with Crippen LogP contribution in [0.2, 0.25) is 0 Å². The van der Waals surface area contributed by atoms with Crippen molar-refractivity contribution in [2.24, 2.45) is 0 Å². The van der Waals surface area contributed by atoms with Gasteiger partial charge >= 0.3 is 5.97 Å². The minimum Gasteiger partial charge on any atom is -0.462 e. The van der Waals surface area contributed by atoms with Gasteiger partial charge in [-0.1, -0.05) is 36.4 Å². The zero-order valence-electron chi connectivity index (χ0n) is 18.0. The topological polar surface area (TPSA) is 73.9 Å². The van der Waals surface area contributed by atoms with Crippen molar-refractivity contribution in [3.63, 3.8) is 0 Å². The number of fused-ring (bicyclic) bond motifs is 1. The fraction of sp³-hybridized carbons (Fsp3) is 0.308.